The summed E-state index contributed by atoms with van der Waals surface area (Å²) in [5.41, 5.74) is 0.883. The average Bonchev–Trinajstić information content (AvgIpc) is 2.33. The lowest BCUT2D eigenvalue weighted by Gasteiger charge is -2.17. The summed E-state index contributed by atoms with van der Waals surface area (Å²) in [6.07, 6.45) is 2.25. The summed E-state index contributed by atoms with van der Waals surface area (Å²) in [4.78, 5) is 22.4. The summed E-state index contributed by atoms with van der Waals surface area (Å²) in [6, 6.07) is 9.30. The highest BCUT2D eigenvalue weighted by atomic mass is 16.7. The van der Waals surface area contributed by atoms with Gasteiger partial charge in [-0.05, 0) is 17.7 Å². The fraction of sp³-hybridized carbons (Fsp3) is 0.231. The molecule has 0 N–H and O–H groups in total. The first-order valence-corrected chi connectivity index (χ1v) is 5.30. The molecule has 0 aliphatic carbocycles. The van der Waals surface area contributed by atoms with E-state index in [9.17, 15) is 9.59 Å². The Hall–Kier alpha value is -1.94. The zero-order valence-corrected chi connectivity index (χ0v) is 9.17. The molecule has 0 radical (unpaired) electrons. The maximum atomic E-state index is 11.5. The molecule has 0 bridgehead atoms. The minimum atomic E-state index is -0.746. The van der Waals surface area contributed by atoms with E-state index < -0.39 is 6.29 Å². The van der Waals surface area contributed by atoms with Crippen molar-refractivity contribution in [1.82, 2.24) is 0 Å². The number of benzene rings is 1. The van der Waals surface area contributed by atoms with Crippen molar-refractivity contribution < 1.29 is 19.1 Å². The normalized spacial score (nSPS) is 19.1. The second kappa shape index (κ2) is 5.41. The van der Waals surface area contributed by atoms with Crippen LogP contribution in [0.1, 0.15) is 5.56 Å². The molecule has 1 aliphatic rings. The zero-order valence-electron chi connectivity index (χ0n) is 9.17. The van der Waals surface area contributed by atoms with Gasteiger partial charge in [0.2, 0.25) is 6.29 Å². The molecule has 1 aromatic rings. The van der Waals surface area contributed by atoms with Gasteiger partial charge in [-0.3, -0.25) is 9.59 Å². The van der Waals surface area contributed by atoms with E-state index in [1.165, 1.54) is 12.2 Å². The summed E-state index contributed by atoms with van der Waals surface area (Å²) >= 11 is 0. The first-order valence-electron chi connectivity index (χ1n) is 5.30. The van der Waals surface area contributed by atoms with Gasteiger partial charge < -0.3 is 9.47 Å². The molecule has 0 saturated carbocycles. The van der Waals surface area contributed by atoms with E-state index in [1.807, 2.05) is 30.3 Å². The van der Waals surface area contributed by atoms with Gasteiger partial charge in [-0.15, -0.1) is 0 Å². The van der Waals surface area contributed by atoms with Crippen molar-refractivity contribution in [3.05, 3.63) is 48.0 Å². The lowest BCUT2D eigenvalue weighted by Crippen LogP contribution is -2.26. The second-order valence-electron chi connectivity index (χ2n) is 3.66. The highest BCUT2D eigenvalue weighted by Crippen LogP contribution is 2.07. The molecule has 2 rings (SSSR count). The van der Waals surface area contributed by atoms with Gasteiger partial charge in [0.25, 0.3) is 0 Å². The summed E-state index contributed by atoms with van der Waals surface area (Å²) in [5, 5.41) is 0. The summed E-state index contributed by atoms with van der Waals surface area (Å²) < 4.78 is 10.1. The first-order chi connectivity index (χ1) is 8.24. The van der Waals surface area contributed by atoms with E-state index in [2.05, 4.69) is 0 Å². The van der Waals surface area contributed by atoms with E-state index in [0.29, 0.717) is 0 Å². The maximum Gasteiger partial charge on any atom is 0.312 e. The molecule has 1 unspecified atom stereocenters. The van der Waals surface area contributed by atoms with Gasteiger partial charge in [0, 0.05) is 0 Å². The van der Waals surface area contributed by atoms with Crippen molar-refractivity contribution in [3.8, 4) is 0 Å². The maximum absolute atomic E-state index is 11.5. The smallest absolute Gasteiger partial charge is 0.312 e. The molecule has 17 heavy (non-hydrogen) atoms. The molecule has 1 atom stereocenters. The molecule has 1 aromatic carbocycles. The van der Waals surface area contributed by atoms with Crippen molar-refractivity contribution >= 4 is 11.8 Å². The number of rotatable bonds is 3. The number of carbonyl (C=O) groups excluding carboxylic acids is 2. The van der Waals surface area contributed by atoms with E-state index in [1.54, 1.807) is 0 Å². The van der Waals surface area contributed by atoms with E-state index >= 15 is 0 Å². The first kappa shape index (κ1) is 11.5. The summed E-state index contributed by atoms with van der Waals surface area (Å²) in [6.45, 7) is -0.0419. The highest BCUT2D eigenvalue weighted by molar-refractivity contribution is 5.91. The topological polar surface area (TPSA) is 52.6 Å². The Kier molecular flexibility index (Phi) is 3.67. The van der Waals surface area contributed by atoms with Crippen molar-refractivity contribution in [2.75, 3.05) is 6.61 Å². The predicted octanol–water partition coefficient (Wildman–Crippen LogP) is 1.25. The summed E-state index contributed by atoms with van der Waals surface area (Å²) in [5.74, 6) is -0.499. The Bertz CT molecular complexity index is 436. The third-order valence-electron chi connectivity index (χ3n) is 2.27. The van der Waals surface area contributed by atoms with Crippen LogP contribution in [0.2, 0.25) is 0 Å². The number of ketones is 1. The van der Waals surface area contributed by atoms with Crippen LogP contribution in [0, 0.1) is 0 Å². The van der Waals surface area contributed by atoms with Gasteiger partial charge in [-0.1, -0.05) is 30.3 Å². The van der Waals surface area contributed by atoms with Crippen molar-refractivity contribution in [2.45, 2.75) is 12.7 Å². The molecule has 1 heterocycles. The SMILES string of the molecule is O=C1C=CC(OC(=O)Cc2ccccc2)OC1. The molecule has 0 fully saturated rings. The van der Waals surface area contributed by atoms with Crippen molar-refractivity contribution in [1.29, 1.82) is 0 Å². The van der Waals surface area contributed by atoms with Gasteiger partial charge in [0.1, 0.15) is 6.61 Å². The van der Waals surface area contributed by atoms with Gasteiger partial charge >= 0.3 is 5.97 Å². The predicted molar refractivity (Wildman–Crippen MR) is 60.1 cm³/mol. The average molecular weight is 232 g/mol. The Labute approximate surface area is 98.8 Å². The zero-order chi connectivity index (χ0) is 12.1. The Morgan fingerprint density at radius 1 is 1.35 bits per heavy atom. The highest BCUT2D eigenvalue weighted by Gasteiger charge is 2.17. The number of esters is 1. The van der Waals surface area contributed by atoms with Crippen LogP contribution in [0.3, 0.4) is 0 Å². The molecule has 0 amide bonds. The standard InChI is InChI=1S/C13H12O4/c14-11-6-7-13(16-9-11)17-12(15)8-10-4-2-1-3-5-10/h1-7,13H,8-9H2. The molecule has 88 valence electrons. The van der Waals surface area contributed by atoms with Crippen LogP contribution in [0.5, 0.6) is 0 Å². The quantitative estimate of drug-likeness (QED) is 0.736. The largest absolute Gasteiger partial charge is 0.432 e. The molecule has 4 heteroatoms. The third-order valence-corrected chi connectivity index (χ3v) is 2.27. The van der Waals surface area contributed by atoms with Gasteiger partial charge in [-0.2, -0.15) is 0 Å². The molecule has 0 saturated heterocycles. The van der Waals surface area contributed by atoms with Gasteiger partial charge in [-0.25, -0.2) is 0 Å². The van der Waals surface area contributed by atoms with Crippen LogP contribution in [0.4, 0.5) is 0 Å². The molecule has 0 aromatic heterocycles. The molecular formula is C13H12O4. The van der Waals surface area contributed by atoms with Crippen LogP contribution >= 0.6 is 0 Å². The molecule has 1 aliphatic heterocycles. The van der Waals surface area contributed by atoms with E-state index in [4.69, 9.17) is 9.47 Å². The molecule has 4 nitrogen and oxygen atoms in total. The lowest BCUT2D eigenvalue weighted by molar-refractivity contribution is -0.171. The van der Waals surface area contributed by atoms with Crippen molar-refractivity contribution in [3.63, 3.8) is 0 Å². The number of ether oxygens (including phenoxy) is 2. The monoisotopic (exact) mass is 232 g/mol. The van der Waals surface area contributed by atoms with Gasteiger partial charge in [0.05, 0.1) is 6.42 Å². The minimum absolute atomic E-state index is 0.0419. The van der Waals surface area contributed by atoms with Crippen LogP contribution < -0.4 is 0 Å². The fourth-order valence-electron chi connectivity index (χ4n) is 1.46. The summed E-state index contributed by atoms with van der Waals surface area (Å²) in [7, 11) is 0. The van der Waals surface area contributed by atoms with Crippen LogP contribution in [0.25, 0.3) is 0 Å². The van der Waals surface area contributed by atoms with E-state index in [0.717, 1.165) is 5.56 Å². The van der Waals surface area contributed by atoms with Crippen LogP contribution in [-0.2, 0) is 25.5 Å². The lowest BCUT2D eigenvalue weighted by atomic mass is 10.2. The van der Waals surface area contributed by atoms with Gasteiger partial charge in [0.15, 0.2) is 5.78 Å². The number of carbonyl (C=O) groups is 2. The molecule has 0 spiro atoms. The minimum Gasteiger partial charge on any atom is -0.432 e. The number of hydrogen-bond donors (Lipinski definition) is 0. The van der Waals surface area contributed by atoms with E-state index in [-0.39, 0.29) is 24.8 Å². The Morgan fingerprint density at radius 2 is 2.12 bits per heavy atom. The Morgan fingerprint density at radius 3 is 2.76 bits per heavy atom. The van der Waals surface area contributed by atoms with Crippen molar-refractivity contribution in [2.24, 2.45) is 0 Å². The fourth-order valence-corrected chi connectivity index (χ4v) is 1.46. The second-order valence-corrected chi connectivity index (χ2v) is 3.66. The van der Waals surface area contributed by atoms with Crippen LogP contribution in [0.15, 0.2) is 42.5 Å². The molecular weight excluding hydrogens is 220 g/mol. The third kappa shape index (κ3) is 3.53. The number of hydrogen-bond acceptors (Lipinski definition) is 4. The Balaban J connectivity index is 1.86. The van der Waals surface area contributed by atoms with Crippen LogP contribution in [-0.4, -0.2) is 24.6 Å².